The molecule has 2 amide bonds. The van der Waals surface area contributed by atoms with Crippen molar-refractivity contribution in [2.24, 2.45) is 0 Å². The third kappa shape index (κ3) is 3.69. The van der Waals surface area contributed by atoms with Crippen LogP contribution in [0.4, 0.5) is 4.79 Å². The highest BCUT2D eigenvalue weighted by Gasteiger charge is 2.27. The molecule has 1 aromatic carbocycles. The molecule has 0 aromatic heterocycles. The summed E-state index contributed by atoms with van der Waals surface area (Å²) >= 11 is 0. The lowest BCUT2D eigenvalue weighted by Crippen LogP contribution is -2.52. The van der Waals surface area contributed by atoms with Crippen molar-refractivity contribution >= 4 is 6.03 Å². The molecule has 1 saturated heterocycles. The smallest absolute Gasteiger partial charge is 0.318 e. The summed E-state index contributed by atoms with van der Waals surface area (Å²) in [6.07, 6.45) is 0.128. The summed E-state index contributed by atoms with van der Waals surface area (Å²) in [5.41, 5.74) is 0.997. The molecule has 3 rings (SSSR count). The van der Waals surface area contributed by atoms with Gasteiger partial charge in [-0.15, -0.1) is 0 Å². The van der Waals surface area contributed by atoms with Crippen LogP contribution in [0, 0.1) is 0 Å². The molecule has 126 valence electrons. The summed E-state index contributed by atoms with van der Waals surface area (Å²) in [6.45, 7) is 8.30. The van der Waals surface area contributed by atoms with E-state index in [-0.39, 0.29) is 24.3 Å². The number of fused-ring (bicyclic) bond motifs is 1. The fourth-order valence-electron chi connectivity index (χ4n) is 3.03. The molecule has 1 fully saturated rings. The van der Waals surface area contributed by atoms with E-state index < -0.39 is 0 Å². The number of hydrogen-bond acceptors (Lipinski definition) is 4. The Kier molecular flexibility index (Phi) is 4.61. The van der Waals surface area contributed by atoms with Gasteiger partial charge in [0.15, 0.2) is 11.5 Å². The molecule has 0 aliphatic carbocycles. The van der Waals surface area contributed by atoms with Crippen LogP contribution in [0.1, 0.15) is 32.4 Å². The minimum absolute atomic E-state index is 0.0608. The van der Waals surface area contributed by atoms with Gasteiger partial charge in [-0.1, -0.05) is 6.07 Å². The SMILES string of the molecule is CC1CN(C(=O)NC(C)c2ccc3c(c2)OCCO3)CC(C)O1. The maximum atomic E-state index is 12.5. The van der Waals surface area contributed by atoms with E-state index in [4.69, 9.17) is 14.2 Å². The number of benzene rings is 1. The lowest BCUT2D eigenvalue weighted by atomic mass is 10.1. The Hall–Kier alpha value is -1.95. The van der Waals surface area contributed by atoms with Gasteiger partial charge in [0.25, 0.3) is 0 Å². The Morgan fingerprint density at radius 1 is 1.17 bits per heavy atom. The van der Waals surface area contributed by atoms with Gasteiger partial charge >= 0.3 is 6.03 Å². The summed E-state index contributed by atoms with van der Waals surface area (Å²) in [6, 6.07) is 5.62. The molecule has 0 spiro atoms. The molecular formula is C17H24N2O4. The van der Waals surface area contributed by atoms with Gasteiger partial charge in [0.2, 0.25) is 0 Å². The van der Waals surface area contributed by atoms with Gasteiger partial charge in [-0.2, -0.15) is 0 Å². The van der Waals surface area contributed by atoms with Gasteiger partial charge in [-0.25, -0.2) is 4.79 Å². The summed E-state index contributed by atoms with van der Waals surface area (Å²) in [4.78, 5) is 14.3. The second-order valence-corrected chi connectivity index (χ2v) is 6.24. The van der Waals surface area contributed by atoms with Crippen molar-refractivity contribution in [1.29, 1.82) is 0 Å². The van der Waals surface area contributed by atoms with E-state index in [2.05, 4.69) is 5.32 Å². The lowest BCUT2D eigenvalue weighted by molar-refractivity contribution is -0.0547. The van der Waals surface area contributed by atoms with Crippen LogP contribution in [0.25, 0.3) is 0 Å². The first-order chi connectivity index (χ1) is 11.0. The Bertz CT molecular complexity index is 568. The first-order valence-electron chi connectivity index (χ1n) is 8.13. The number of morpholine rings is 1. The maximum absolute atomic E-state index is 12.5. The summed E-state index contributed by atoms with van der Waals surface area (Å²) in [5, 5.41) is 3.05. The van der Waals surface area contributed by atoms with Crippen LogP contribution in [0.15, 0.2) is 18.2 Å². The predicted molar refractivity (Wildman–Crippen MR) is 86.0 cm³/mol. The zero-order chi connectivity index (χ0) is 16.4. The van der Waals surface area contributed by atoms with Gasteiger partial charge in [0.1, 0.15) is 13.2 Å². The Labute approximate surface area is 136 Å². The third-order valence-electron chi connectivity index (χ3n) is 4.11. The fraction of sp³-hybridized carbons (Fsp3) is 0.588. The molecule has 0 bridgehead atoms. The number of amides is 2. The zero-order valence-corrected chi connectivity index (χ0v) is 13.9. The largest absolute Gasteiger partial charge is 0.486 e. The van der Waals surface area contributed by atoms with Crippen molar-refractivity contribution < 1.29 is 19.0 Å². The monoisotopic (exact) mass is 320 g/mol. The number of nitrogens with zero attached hydrogens (tertiary/aromatic N) is 1. The van der Waals surface area contributed by atoms with E-state index in [0.717, 1.165) is 17.1 Å². The van der Waals surface area contributed by atoms with Crippen molar-refractivity contribution in [1.82, 2.24) is 10.2 Å². The van der Waals surface area contributed by atoms with E-state index in [1.807, 2.05) is 43.9 Å². The summed E-state index contributed by atoms with van der Waals surface area (Å²) < 4.78 is 16.8. The number of hydrogen-bond donors (Lipinski definition) is 1. The third-order valence-corrected chi connectivity index (χ3v) is 4.11. The molecule has 2 heterocycles. The molecule has 23 heavy (non-hydrogen) atoms. The van der Waals surface area contributed by atoms with Crippen LogP contribution in [-0.4, -0.2) is 49.4 Å². The molecule has 2 aliphatic heterocycles. The highest BCUT2D eigenvalue weighted by molar-refractivity contribution is 5.75. The van der Waals surface area contributed by atoms with Crippen molar-refractivity contribution in [2.45, 2.75) is 39.0 Å². The Morgan fingerprint density at radius 3 is 2.52 bits per heavy atom. The van der Waals surface area contributed by atoms with E-state index >= 15 is 0 Å². The van der Waals surface area contributed by atoms with Crippen LogP contribution >= 0.6 is 0 Å². The molecule has 1 aromatic rings. The average Bonchev–Trinajstić information content (AvgIpc) is 2.53. The quantitative estimate of drug-likeness (QED) is 0.908. The number of rotatable bonds is 2. The molecule has 6 heteroatoms. The molecular weight excluding hydrogens is 296 g/mol. The number of carbonyl (C=O) groups is 1. The average molecular weight is 320 g/mol. The molecule has 1 N–H and O–H groups in total. The van der Waals surface area contributed by atoms with Crippen molar-refractivity contribution in [3.8, 4) is 11.5 Å². The molecule has 3 atom stereocenters. The van der Waals surface area contributed by atoms with Crippen LogP contribution in [0.2, 0.25) is 0 Å². The molecule has 3 unspecified atom stereocenters. The van der Waals surface area contributed by atoms with E-state index in [0.29, 0.717) is 26.3 Å². The second kappa shape index (κ2) is 6.66. The van der Waals surface area contributed by atoms with E-state index in [1.165, 1.54) is 0 Å². The molecule has 6 nitrogen and oxygen atoms in total. The van der Waals surface area contributed by atoms with Gasteiger partial charge in [0, 0.05) is 13.1 Å². The van der Waals surface area contributed by atoms with E-state index in [9.17, 15) is 4.79 Å². The van der Waals surface area contributed by atoms with E-state index in [1.54, 1.807) is 0 Å². The number of urea groups is 1. The first kappa shape index (κ1) is 15.9. The summed E-state index contributed by atoms with van der Waals surface area (Å²) in [5.74, 6) is 1.50. The first-order valence-corrected chi connectivity index (χ1v) is 8.13. The number of nitrogens with one attached hydrogen (secondary N) is 1. The lowest BCUT2D eigenvalue weighted by Gasteiger charge is -2.36. The van der Waals surface area contributed by atoms with Gasteiger partial charge < -0.3 is 24.4 Å². The van der Waals surface area contributed by atoms with Crippen LogP contribution in [-0.2, 0) is 4.74 Å². The zero-order valence-electron chi connectivity index (χ0n) is 13.9. The maximum Gasteiger partial charge on any atom is 0.318 e. The standard InChI is InChI=1S/C17H24N2O4/c1-11-9-19(10-12(2)23-11)17(20)18-13(3)14-4-5-15-16(8-14)22-7-6-21-15/h4-5,8,11-13H,6-7,9-10H2,1-3H3,(H,18,20). The normalized spacial score (nSPS) is 24.9. The topological polar surface area (TPSA) is 60.0 Å². The van der Waals surface area contributed by atoms with Crippen molar-refractivity contribution in [2.75, 3.05) is 26.3 Å². The Morgan fingerprint density at radius 2 is 1.83 bits per heavy atom. The summed E-state index contributed by atoms with van der Waals surface area (Å²) in [7, 11) is 0. The van der Waals surface area contributed by atoms with Crippen molar-refractivity contribution in [3.63, 3.8) is 0 Å². The molecule has 0 radical (unpaired) electrons. The molecule has 2 aliphatic rings. The van der Waals surface area contributed by atoms with Crippen LogP contribution in [0.5, 0.6) is 11.5 Å². The van der Waals surface area contributed by atoms with Crippen LogP contribution in [0.3, 0.4) is 0 Å². The minimum Gasteiger partial charge on any atom is -0.486 e. The predicted octanol–water partition coefficient (Wildman–Crippen LogP) is 2.34. The van der Waals surface area contributed by atoms with Gasteiger partial charge in [0.05, 0.1) is 18.2 Å². The highest BCUT2D eigenvalue weighted by atomic mass is 16.6. The van der Waals surface area contributed by atoms with Crippen molar-refractivity contribution in [3.05, 3.63) is 23.8 Å². The minimum atomic E-state index is -0.105. The number of ether oxygens (including phenoxy) is 3. The highest BCUT2D eigenvalue weighted by Crippen LogP contribution is 2.32. The van der Waals surface area contributed by atoms with Crippen LogP contribution < -0.4 is 14.8 Å². The second-order valence-electron chi connectivity index (χ2n) is 6.24. The Balaban J connectivity index is 1.64. The van der Waals surface area contributed by atoms with Gasteiger partial charge in [-0.05, 0) is 38.5 Å². The fourth-order valence-corrected chi connectivity index (χ4v) is 3.03. The number of carbonyl (C=O) groups excluding carboxylic acids is 1. The van der Waals surface area contributed by atoms with Gasteiger partial charge in [-0.3, -0.25) is 0 Å². The molecule has 0 saturated carbocycles.